The summed E-state index contributed by atoms with van der Waals surface area (Å²) in [6.07, 6.45) is 1.57. The van der Waals surface area contributed by atoms with E-state index in [1.807, 2.05) is 0 Å². The zero-order valence-electron chi connectivity index (χ0n) is 11.3. The monoisotopic (exact) mass is 318 g/mol. The van der Waals surface area contributed by atoms with Gasteiger partial charge in [-0.05, 0) is 19.1 Å². The zero-order chi connectivity index (χ0) is 15.4. The van der Waals surface area contributed by atoms with E-state index in [9.17, 15) is 19.1 Å². The highest BCUT2D eigenvalue weighted by Crippen LogP contribution is 2.25. The van der Waals surface area contributed by atoms with Gasteiger partial charge >= 0.3 is 0 Å². The van der Waals surface area contributed by atoms with Crippen LogP contribution in [0.2, 0.25) is 5.02 Å². The van der Waals surface area contributed by atoms with Crippen molar-refractivity contribution in [3.8, 4) is 0 Å². The Morgan fingerprint density at radius 3 is 2.60 bits per heavy atom. The molecule has 0 unspecified atom stereocenters. The van der Waals surface area contributed by atoms with Crippen LogP contribution < -0.4 is 0 Å². The van der Waals surface area contributed by atoms with Gasteiger partial charge in [0.25, 0.3) is 11.6 Å². The van der Waals surface area contributed by atoms with E-state index in [1.54, 1.807) is 20.2 Å². The third kappa shape index (κ3) is 4.01. The molecule has 0 N–H and O–H groups in total. The van der Waals surface area contributed by atoms with E-state index in [-0.39, 0.29) is 28.2 Å². The molecule has 6 nitrogen and oxygen atoms in total. The summed E-state index contributed by atoms with van der Waals surface area (Å²) >= 11 is 5.78. The van der Waals surface area contributed by atoms with E-state index >= 15 is 0 Å². The molecule has 0 saturated heterocycles. The lowest BCUT2D eigenvalue weighted by atomic mass is 10.1. The van der Waals surface area contributed by atoms with Crippen molar-refractivity contribution in [1.29, 1.82) is 0 Å². The molecule has 0 aliphatic heterocycles. The number of hydrogen-bond donors (Lipinski definition) is 0. The fourth-order valence-corrected chi connectivity index (χ4v) is 2.80. The first-order valence-corrected chi connectivity index (χ1v) is 7.85. The largest absolute Gasteiger partial charge is 0.338 e. The van der Waals surface area contributed by atoms with Crippen LogP contribution in [0.5, 0.6) is 0 Å². The SMILES string of the molecule is C[C@H](C[S@@](C)=O)N(C)C(=O)c1ccc([N+](=O)[O-])c(Cl)c1. The van der Waals surface area contributed by atoms with Crippen LogP contribution in [0.1, 0.15) is 17.3 Å². The highest BCUT2D eigenvalue weighted by molar-refractivity contribution is 7.84. The first kappa shape index (κ1) is 16.6. The summed E-state index contributed by atoms with van der Waals surface area (Å²) in [6, 6.07) is 3.63. The predicted molar refractivity (Wildman–Crippen MR) is 78.6 cm³/mol. The maximum atomic E-state index is 12.2. The number of amides is 1. The number of hydrogen-bond acceptors (Lipinski definition) is 4. The van der Waals surface area contributed by atoms with Crippen LogP contribution in [0.4, 0.5) is 5.69 Å². The average Bonchev–Trinajstić information content (AvgIpc) is 2.35. The number of carbonyl (C=O) groups excluding carboxylic acids is 1. The molecule has 0 spiro atoms. The zero-order valence-corrected chi connectivity index (χ0v) is 12.9. The molecule has 0 bridgehead atoms. The number of nitro benzene ring substituents is 1. The molecule has 0 saturated carbocycles. The van der Waals surface area contributed by atoms with Gasteiger partial charge in [-0.25, -0.2) is 0 Å². The Kier molecular flexibility index (Phi) is 5.64. The van der Waals surface area contributed by atoms with Crippen molar-refractivity contribution >= 4 is 34.0 Å². The summed E-state index contributed by atoms with van der Waals surface area (Å²) in [7, 11) is 0.580. The minimum absolute atomic E-state index is 0.0824. The third-order valence-corrected chi connectivity index (χ3v) is 4.10. The van der Waals surface area contributed by atoms with Crippen LogP contribution in [0.25, 0.3) is 0 Å². The van der Waals surface area contributed by atoms with E-state index in [1.165, 1.54) is 23.1 Å². The van der Waals surface area contributed by atoms with Gasteiger partial charge in [-0.2, -0.15) is 0 Å². The van der Waals surface area contributed by atoms with E-state index in [0.717, 1.165) is 0 Å². The number of nitrogens with zero attached hydrogens (tertiary/aromatic N) is 2. The molecule has 2 atom stereocenters. The fraction of sp³-hybridized carbons (Fsp3) is 0.417. The summed E-state index contributed by atoms with van der Waals surface area (Å²) in [4.78, 5) is 23.7. The summed E-state index contributed by atoms with van der Waals surface area (Å²) in [5.74, 6) is 0.0444. The molecule has 0 aliphatic rings. The molecule has 0 radical (unpaired) electrons. The van der Waals surface area contributed by atoms with Gasteiger partial charge in [-0.1, -0.05) is 11.6 Å². The van der Waals surface area contributed by atoms with Crippen LogP contribution in [0.3, 0.4) is 0 Å². The minimum Gasteiger partial charge on any atom is -0.338 e. The van der Waals surface area contributed by atoms with Crippen molar-refractivity contribution < 1.29 is 13.9 Å². The molecule has 0 fully saturated rings. The molecule has 1 amide bonds. The normalized spacial score (nSPS) is 13.6. The van der Waals surface area contributed by atoms with Gasteiger partial charge in [-0.3, -0.25) is 19.1 Å². The van der Waals surface area contributed by atoms with Crippen molar-refractivity contribution in [2.45, 2.75) is 13.0 Å². The van der Waals surface area contributed by atoms with E-state index in [0.29, 0.717) is 5.75 Å². The Hall–Kier alpha value is -1.47. The molecule has 0 heterocycles. The highest BCUT2D eigenvalue weighted by Gasteiger charge is 2.21. The lowest BCUT2D eigenvalue weighted by molar-refractivity contribution is -0.384. The molecular formula is C12H15ClN2O4S. The van der Waals surface area contributed by atoms with Gasteiger partial charge in [0, 0.05) is 47.5 Å². The number of carbonyl (C=O) groups is 1. The van der Waals surface area contributed by atoms with Crippen molar-refractivity contribution in [1.82, 2.24) is 4.90 Å². The Labute approximate surface area is 124 Å². The van der Waals surface area contributed by atoms with Gasteiger partial charge in [-0.15, -0.1) is 0 Å². The Morgan fingerprint density at radius 2 is 2.15 bits per heavy atom. The second-order valence-electron chi connectivity index (χ2n) is 4.43. The fourth-order valence-electron chi connectivity index (χ4n) is 1.64. The summed E-state index contributed by atoms with van der Waals surface area (Å²) in [6.45, 7) is 1.78. The number of nitro groups is 1. The smallest absolute Gasteiger partial charge is 0.287 e. The quantitative estimate of drug-likeness (QED) is 0.615. The van der Waals surface area contributed by atoms with E-state index in [4.69, 9.17) is 11.6 Å². The third-order valence-electron chi connectivity index (χ3n) is 2.85. The van der Waals surface area contributed by atoms with Crippen LogP contribution in [0.15, 0.2) is 18.2 Å². The van der Waals surface area contributed by atoms with Crippen LogP contribution in [-0.2, 0) is 10.8 Å². The average molecular weight is 319 g/mol. The molecule has 1 aromatic rings. The van der Waals surface area contributed by atoms with Gasteiger partial charge in [0.1, 0.15) is 5.02 Å². The number of benzene rings is 1. The topological polar surface area (TPSA) is 80.5 Å². The van der Waals surface area contributed by atoms with Crippen LogP contribution in [0, 0.1) is 10.1 Å². The lowest BCUT2D eigenvalue weighted by Gasteiger charge is -2.24. The highest BCUT2D eigenvalue weighted by atomic mass is 35.5. The summed E-state index contributed by atoms with van der Waals surface area (Å²) in [5, 5.41) is 10.6. The Balaban J connectivity index is 2.95. The van der Waals surface area contributed by atoms with Crippen molar-refractivity contribution in [2.24, 2.45) is 0 Å². The molecule has 110 valence electrons. The number of rotatable bonds is 5. The Morgan fingerprint density at radius 1 is 1.55 bits per heavy atom. The second kappa shape index (κ2) is 6.81. The van der Waals surface area contributed by atoms with Crippen molar-refractivity contribution in [3.63, 3.8) is 0 Å². The lowest BCUT2D eigenvalue weighted by Crippen LogP contribution is -2.38. The molecule has 20 heavy (non-hydrogen) atoms. The number of halogens is 1. The molecule has 0 aromatic heterocycles. The maximum absolute atomic E-state index is 12.2. The molecule has 1 rings (SSSR count). The second-order valence-corrected chi connectivity index (χ2v) is 6.32. The van der Waals surface area contributed by atoms with Crippen molar-refractivity contribution in [2.75, 3.05) is 19.1 Å². The van der Waals surface area contributed by atoms with Crippen LogP contribution in [-0.4, -0.2) is 45.0 Å². The minimum atomic E-state index is -1.01. The van der Waals surface area contributed by atoms with Gasteiger partial charge < -0.3 is 4.90 Å². The van der Waals surface area contributed by atoms with Crippen molar-refractivity contribution in [3.05, 3.63) is 38.9 Å². The first-order chi connectivity index (χ1) is 9.23. The van der Waals surface area contributed by atoms with Gasteiger partial charge in [0.05, 0.1) is 4.92 Å². The molecular weight excluding hydrogens is 304 g/mol. The van der Waals surface area contributed by atoms with E-state index in [2.05, 4.69) is 0 Å². The van der Waals surface area contributed by atoms with Gasteiger partial charge in [0.2, 0.25) is 0 Å². The summed E-state index contributed by atoms with van der Waals surface area (Å²) < 4.78 is 11.2. The van der Waals surface area contributed by atoms with Gasteiger partial charge in [0.15, 0.2) is 0 Å². The first-order valence-electron chi connectivity index (χ1n) is 5.75. The van der Waals surface area contributed by atoms with Crippen LogP contribution >= 0.6 is 11.6 Å². The molecule has 0 aliphatic carbocycles. The van der Waals surface area contributed by atoms with E-state index < -0.39 is 15.7 Å². The molecule has 8 heteroatoms. The molecule has 1 aromatic carbocycles. The maximum Gasteiger partial charge on any atom is 0.287 e. The summed E-state index contributed by atoms with van der Waals surface area (Å²) in [5.41, 5.74) is 0.0189. The predicted octanol–water partition coefficient (Wildman–Crippen LogP) is 2.09. The Bertz CT molecular complexity index is 564. The standard InChI is InChI=1S/C12H15ClN2O4S/c1-8(7-20(3)19)14(2)12(16)9-4-5-11(15(17)18)10(13)6-9/h4-6,8H,7H2,1-3H3/t8-,20-/m1/s1.